The van der Waals surface area contributed by atoms with Crippen LogP contribution in [0.2, 0.25) is 0 Å². The van der Waals surface area contributed by atoms with Gasteiger partial charge in [0.05, 0.1) is 0 Å². The van der Waals surface area contributed by atoms with Gasteiger partial charge in [0.15, 0.2) is 0 Å². The van der Waals surface area contributed by atoms with Crippen LogP contribution in [-0.4, -0.2) is 54.5 Å². The summed E-state index contributed by atoms with van der Waals surface area (Å²) in [6, 6.07) is -0.0365. The highest BCUT2D eigenvalue weighted by Crippen LogP contribution is 2.08. The van der Waals surface area contributed by atoms with Gasteiger partial charge in [-0.25, -0.2) is 0 Å². The Labute approximate surface area is 125 Å². The second kappa shape index (κ2) is 10.2. The number of rotatable bonds is 10. The van der Waals surface area contributed by atoms with Gasteiger partial charge in [0.1, 0.15) is 0 Å². The van der Waals surface area contributed by atoms with Gasteiger partial charge in [0, 0.05) is 32.1 Å². The average Bonchev–Trinajstić information content (AvgIpc) is 2.37. The fourth-order valence-electron chi connectivity index (χ4n) is 2.13. The molecule has 1 unspecified atom stereocenters. The topological polar surface area (TPSA) is 49.6 Å². The number of nitrogens with two attached hydrogens (primary N) is 1. The van der Waals surface area contributed by atoms with E-state index in [1.807, 2.05) is 4.90 Å². The molecule has 20 heavy (non-hydrogen) atoms. The molecule has 4 heteroatoms. The number of amides is 1. The van der Waals surface area contributed by atoms with Crippen LogP contribution in [0.3, 0.4) is 0 Å². The SMILES string of the molecule is CCN(CC)CCN(CC(C)C)C(=O)CC(N)C(C)C. The lowest BCUT2D eigenvalue weighted by atomic mass is 10.0. The van der Waals surface area contributed by atoms with Gasteiger partial charge in [-0.3, -0.25) is 4.79 Å². The van der Waals surface area contributed by atoms with Gasteiger partial charge in [-0.05, 0) is 24.9 Å². The van der Waals surface area contributed by atoms with Gasteiger partial charge in [-0.2, -0.15) is 0 Å². The second-order valence-corrected chi connectivity index (χ2v) is 6.37. The van der Waals surface area contributed by atoms with Crippen molar-refractivity contribution in [3.63, 3.8) is 0 Å². The van der Waals surface area contributed by atoms with E-state index in [1.165, 1.54) is 0 Å². The quantitative estimate of drug-likeness (QED) is 0.669. The minimum absolute atomic E-state index is 0.0365. The summed E-state index contributed by atoms with van der Waals surface area (Å²) in [5.41, 5.74) is 6.04. The van der Waals surface area contributed by atoms with Crippen molar-refractivity contribution < 1.29 is 4.79 Å². The van der Waals surface area contributed by atoms with Crippen LogP contribution in [0.5, 0.6) is 0 Å². The summed E-state index contributed by atoms with van der Waals surface area (Å²) in [4.78, 5) is 16.8. The maximum absolute atomic E-state index is 12.4. The molecule has 0 heterocycles. The summed E-state index contributed by atoms with van der Waals surface area (Å²) in [6.45, 7) is 17.4. The maximum atomic E-state index is 12.4. The molecule has 0 aromatic carbocycles. The van der Waals surface area contributed by atoms with Crippen LogP contribution in [0.4, 0.5) is 0 Å². The molecule has 1 amide bonds. The van der Waals surface area contributed by atoms with Crippen LogP contribution in [-0.2, 0) is 4.79 Å². The third kappa shape index (κ3) is 7.85. The normalized spacial score (nSPS) is 13.3. The molecule has 0 aromatic rings. The van der Waals surface area contributed by atoms with Crippen molar-refractivity contribution in [3.8, 4) is 0 Å². The molecule has 0 saturated heterocycles. The van der Waals surface area contributed by atoms with Gasteiger partial charge in [0.2, 0.25) is 5.91 Å². The second-order valence-electron chi connectivity index (χ2n) is 6.37. The Kier molecular flexibility index (Phi) is 9.86. The first-order valence-electron chi connectivity index (χ1n) is 8.07. The fraction of sp³-hybridized carbons (Fsp3) is 0.938. The third-order valence-corrected chi connectivity index (χ3v) is 3.79. The molecule has 2 N–H and O–H groups in total. The van der Waals surface area contributed by atoms with E-state index in [1.54, 1.807) is 0 Å². The average molecular weight is 285 g/mol. The summed E-state index contributed by atoms with van der Waals surface area (Å²) in [5, 5.41) is 0. The van der Waals surface area contributed by atoms with E-state index in [-0.39, 0.29) is 11.9 Å². The highest BCUT2D eigenvalue weighted by Gasteiger charge is 2.19. The number of nitrogens with zero attached hydrogens (tertiary/aromatic N) is 2. The molecule has 0 aliphatic carbocycles. The molecule has 0 aliphatic rings. The molecule has 0 rings (SSSR count). The van der Waals surface area contributed by atoms with Gasteiger partial charge in [-0.1, -0.05) is 41.5 Å². The highest BCUT2D eigenvalue weighted by atomic mass is 16.2. The van der Waals surface area contributed by atoms with Crippen molar-refractivity contribution in [1.82, 2.24) is 9.80 Å². The zero-order chi connectivity index (χ0) is 15.7. The van der Waals surface area contributed by atoms with Crippen LogP contribution < -0.4 is 5.73 Å². The van der Waals surface area contributed by atoms with Gasteiger partial charge in [0.25, 0.3) is 0 Å². The van der Waals surface area contributed by atoms with Crippen molar-refractivity contribution >= 4 is 5.91 Å². The number of carbonyl (C=O) groups excluding carboxylic acids is 1. The molecule has 0 aromatic heterocycles. The predicted octanol–water partition coefficient (Wildman–Crippen LogP) is 2.19. The first kappa shape index (κ1) is 19.4. The first-order chi connectivity index (χ1) is 9.31. The van der Waals surface area contributed by atoms with Crippen LogP contribution in [0.1, 0.15) is 48.0 Å². The largest absolute Gasteiger partial charge is 0.341 e. The number of likely N-dealkylation sites (N-methyl/N-ethyl adjacent to an activating group) is 1. The molecular formula is C16H35N3O. The van der Waals surface area contributed by atoms with E-state index in [2.05, 4.69) is 46.4 Å². The van der Waals surface area contributed by atoms with Gasteiger partial charge in [-0.15, -0.1) is 0 Å². The van der Waals surface area contributed by atoms with Crippen molar-refractivity contribution in [1.29, 1.82) is 0 Å². The van der Waals surface area contributed by atoms with Crippen molar-refractivity contribution in [2.75, 3.05) is 32.7 Å². The zero-order valence-electron chi connectivity index (χ0n) is 14.4. The summed E-state index contributed by atoms with van der Waals surface area (Å²) in [7, 11) is 0. The molecule has 1 atom stereocenters. The molecule has 0 fully saturated rings. The number of carbonyl (C=O) groups is 1. The fourth-order valence-corrected chi connectivity index (χ4v) is 2.13. The Bertz CT molecular complexity index is 262. The molecule has 0 aliphatic heterocycles. The molecule has 0 bridgehead atoms. The minimum atomic E-state index is -0.0365. The zero-order valence-corrected chi connectivity index (χ0v) is 14.4. The molecule has 0 spiro atoms. The van der Waals surface area contributed by atoms with E-state index in [0.717, 1.165) is 32.7 Å². The number of hydrogen-bond acceptors (Lipinski definition) is 3. The van der Waals surface area contributed by atoms with Crippen molar-refractivity contribution in [3.05, 3.63) is 0 Å². The first-order valence-corrected chi connectivity index (χ1v) is 8.07. The van der Waals surface area contributed by atoms with E-state index in [0.29, 0.717) is 18.3 Å². The summed E-state index contributed by atoms with van der Waals surface area (Å²) in [5.74, 6) is 1.04. The lowest BCUT2D eigenvalue weighted by Crippen LogP contribution is -2.43. The Morgan fingerprint density at radius 2 is 1.60 bits per heavy atom. The van der Waals surface area contributed by atoms with E-state index < -0.39 is 0 Å². The van der Waals surface area contributed by atoms with Crippen LogP contribution in [0, 0.1) is 11.8 Å². The van der Waals surface area contributed by atoms with Crippen LogP contribution >= 0.6 is 0 Å². The number of hydrogen-bond donors (Lipinski definition) is 1. The Hall–Kier alpha value is -0.610. The lowest BCUT2D eigenvalue weighted by molar-refractivity contribution is -0.132. The van der Waals surface area contributed by atoms with E-state index in [9.17, 15) is 4.79 Å². The summed E-state index contributed by atoms with van der Waals surface area (Å²) in [6.07, 6.45) is 0.461. The standard InChI is InChI=1S/C16H35N3O/c1-7-18(8-2)9-10-19(12-13(3)4)16(20)11-15(17)14(5)6/h13-15H,7-12,17H2,1-6H3. The highest BCUT2D eigenvalue weighted by molar-refractivity contribution is 5.76. The van der Waals surface area contributed by atoms with Crippen molar-refractivity contribution in [2.24, 2.45) is 17.6 Å². The maximum Gasteiger partial charge on any atom is 0.224 e. The molecule has 120 valence electrons. The Morgan fingerprint density at radius 1 is 1.05 bits per heavy atom. The molecular weight excluding hydrogens is 250 g/mol. The van der Waals surface area contributed by atoms with Crippen LogP contribution in [0.25, 0.3) is 0 Å². The van der Waals surface area contributed by atoms with Gasteiger partial charge < -0.3 is 15.5 Å². The van der Waals surface area contributed by atoms with E-state index in [4.69, 9.17) is 5.73 Å². The third-order valence-electron chi connectivity index (χ3n) is 3.79. The summed E-state index contributed by atoms with van der Waals surface area (Å²) >= 11 is 0. The van der Waals surface area contributed by atoms with Crippen LogP contribution in [0.15, 0.2) is 0 Å². The smallest absolute Gasteiger partial charge is 0.224 e. The Balaban J connectivity index is 4.50. The van der Waals surface area contributed by atoms with Crippen molar-refractivity contribution in [2.45, 2.75) is 54.0 Å². The lowest BCUT2D eigenvalue weighted by Gasteiger charge is -2.29. The molecule has 0 saturated carbocycles. The molecule has 4 nitrogen and oxygen atoms in total. The Morgan fingerprint density at radius 3 is 2.00 bits per heavy atom. The van der Waals surface area contributed by atoms with E-state index >= 15 is 0 Å². The predicted molar refractivity (Wildman–Crippen MR) is 86.6 cm³/mol. The monoisotopic (exact) mass is 285 g/mol. The molecule has 0 radical (unpaired) electrons. The summed E-state index contributed by atoms with van der Waals surface area (Å²) < 4.78 is 0. The van der Waals surface area contributed by atoms with Gasteiger partial charge >= 0.3 is 0 Å². The minimum Gasteiger partial charge on any atom is -0.341 e.